The molecule has 1 heterocycles. The number of aliphatic carboxylic acids is 1. The van der Waals surface area contributed by atoms with Gasteiger partial charge in [-0.1, -0.05) is 24.3 Å². The number of carboxylic acid groups (broad SMARTS) is 1. The molecule has 0 spiro atoms. The molecule has 0 aliphatic heterocycles. The number of hydrogen-bond donors (Lipinski definition) is 0. The van der Waals surface area contributed by atoms with Crippen molar-refractivity contribution in [2.24, 2.45) is 0 Å². The summed E-state index contributed by atoms with van der Waals surface area (Å²) in [6.07, 6.45) is 1.92. The lowest BCUT2D eigenvalue weighted by atomic mass is 10.2. The van der Waals surface area contributed by atoms with Crippen molar-refractivity contribution in [3.05, 3.63) is 59.1 Å². The van der Waals surface area contributed by atoms with Crippen molar-refractivity contribution in [1.29, 1.82) is 0 Å². The fourth-order valence-corrected chi connectivity index (χ4v) is 4.00. The van der Waals surface area contributed by atoms with Crippen molar-refractivity contribution in [2.45, 2.75) is 0 Å². The van der Waals surface area contributed by atoms with Crippen molar-refractivity contribution >= 4 is 50.3 Å². The molecule has 0 N–H and O–H groups in total. The van der Waals surface area contributed by atoms with Crippen LogP contribution in [0.5, 0.6) is 5.75 Å². The Morgan fingerprint density at radius 3 is 2.88 bits per heavy atom. The first-order chi connectivity index (χ1) is 11.7. The van der Waals surface area contributed by atoms with Crippen LogP contribution in [0.15, 0.2) is 48.5 Å². The molecule has 0 saturated heterocycles. The second-order valence-corrected chi connectivity index (χ2v) is 6.98. The van der Waals surface area contributed by atoms with Crippen LogP contribution in [0.2, 0.25) is 0 Å². The predicted molar refractivity (Wildman–Crippen MR) is 98.0 cm³/mol. The number of para-hydroxylation sites is 1. The zero-order valence-electron chi connectivity index (χ0n) is 12.9. The summed E-state index contributed by atoms with van der Waals surface area (Å²) >= 11 is 2.75. The van der Waals surface area contributed by atoms with Crippen LogP contribution in [-0.2, 0) is 4.79 Å². The third kappa shape index (κ3) is 3.96. The molecule has 122 valence electrons. The first-order valence-electron chi connectivity index (χ1n) is 7.20. The molecule has 0 aliphatic rings. The molecule has 2 aromatic carbocycles. The van der Waals surface area contributed by atoms with E-state index in [2.05, 4.69) is 4.98 Å². The predicted octanol–water partition coefficient (Wildman–Crippen LogP) is 3.29. The van der Waals surface area contributed by atoms with Gasteiger partial charge < -0.3 is 14.6 Å². The molecule has 0 fully saturated rings. The fraction of sp³-hybridized carbons (Fsp3) is 0.111. The highest BCUT2D eigenvalue weighted by atomic mass is 32.2. The van der Waals surface area contributed by atoms with Crippen LogP contribution in [0, 0.1) is 0 Å². The van der Waals surface area contributed by atoms with E-state index in [0.29, 0.717) is 0 Å². The quantitative estimate of drug-likeness (QED) is 0.678. The van der Waals surface area contributed by atoms with Crippen LogP contribution in [0.4, 0.5) is 0 Å². The Balaban J connectivity index is 2.01. The van der Waals surface area contributed by atoms with Gasteiger partial charge in [0.25, 0.3) is 0 Å². The topological polar surface area (TPSA) is 62.2 Å². The van der Waals surface area contributed by atoms with Crippen LogP contribution in [-0.4, -0.2) is 23.8 Å². The van der Waals surface area contributed by atoms with Gasteiger partial charge in [-0.25, -0.2) is 4.98 Å². The summed E-state index contributed by atoms with van der Waals surface area (Å²) < 4.78 is 6.30. The summed E-state index contributed by atoms with van der Waals surface area (Å²) in [6, 6.07) is 15.4. The Bertz CT molecular complexity index is 869. The number of thioether (sulfide) groups is 1. The molecular formula is C18H14NO3S2-. The van der Waals surface area contributed by atoms with E-state index in [1.807, 2.05) is 54.6 Å². The molecule has 1 aromatic heterocycles. The first-order valence-corrected chi connectivity index (χ1v) is 9.00. The number of hydrogen-bond acceptors (Lipinski definition) is 6. The first kappa shape index (κ1) is 16.5. The third-order valence-corrected chi connectivity index (χ3v) is 5.44. The molecule has 0 unspecified atom stereocenters. The van der Waals surface area contributed by atoms with Crippen molar-refractivity contribution in [3.8, 4) is 5.75 Å². The molecule has 0 bridgehead atoms. The van der Waals surface area contributed by atoms with Gasteiger partial charge >= 0.3 is 0 Å². The SMILES string of the molecule is COc1cccc(/C=C(\SCC(=O)[O-])c2nc3ccccc3s2)c1. The number of benzene rings is 2. The lowest BCUT2D eigenvalue weighted by molar-refractivity contribution is -0.301. The molecule has 6 heteroatoms. The van der Waals surface area contributed by atoms with Crippen molar-refractivity contribution in [2.75, 3.05) is 12.9 Å². The molecule has 0 atom stereocenters. The Hall–Kier alpha value is -2.31. The summed E-state index contributed by atoms with van der Waals surface area (Å²) in [7, 11) is 1.61. The van der Waals surface area contributed by atoms with Gasteiger partial charge in [-0.05, 0) is 35.9 Å². The molecule has 0 saturated carbocycles. The van der Waals surface area contributed by atoms with Gasteiger partial charge in [0.2, 0.25) is 0 Å². The van der Waals surface area contributed by atoms with E-state index in [0.717, 1.165) is 31.4 Å². The van der Waals surface area contributed by atoms with E-state index in [-0.39, 0.29) is 5.75 Å². The minimum Gasteiger partial charge on any atom is -0.549 e. The van der Waals surface area contributed by atoms with Crippen LogP contribution >= 0.6 is 23.1 Å². The molecular weight excluding hydrogens is 342 g/mol. The van der Waals surface area contributed by atoms with E-state index in [4.69, 9.17) is 4.74 Å². The Morgan fingerprint density at radius 1 is 1.29 bits per heavy atom. The second-order valence-electron chi connectivity index (χ2n) is 4.93. The highest BCUT2D eigenvalue weighted by Crippen LogP contribution is 2.35. The van der Waals surface area contributed by atoms with Gasteiger partial charge in [-0.15, -0.1) is 23.1 Å². The Morgan fingerprint density at radius 2 is 2.12 bits per heavy atom. The van der Waals surface area contributed by atoms with Crippen molar-refractivity contribution in [3.63, 3.8) is 0 Å². The van der Waals surface area contributed by atoms with Crippen molar-refractivity contribution in [1.82, 2.24) is 4.98 Å². The number of fused-ring (bicyclic) bond motifs is 1. The van der Waals surface area contributed by atoms with Gasteiger partial charge in [0.05, 0.1) is 23.3 Å². The van der Waals surface area contributed by atoms with Gasteiger partial charge in [0.1, 0.15) is 10.8 Å². The maximum Gasteiger partial charge on any atom is 0.131 e. The van der Waals surface area contributed by atoms with Crippen LogP contribution in [0.1, 0.15) is 10.6 Å². The summed E-state index contributed by atoms with van der Waals surface area (Å²) in [5, 5.41) is 11.7. The number of rotatable bonds is 6. The molecule has 0 amide bonds. The Labute approximate surface area is 147 Å². The molecule has 3 rings (SSSR count). The number of carbonyl (C=O) groups is 1. The summed E-state index contributed by atoms with van der Waals surface area (Å²) in [6.45, 7) is 0. The Kier molecular flexibility index (Phi) is 5.17. The van der Waals surface area contributed by atoms with E-state index in [9.17, 15) is 9.90 Å². The molecule has 4 nitrogen and oxygen atoms in total. The number of nitrogens with zero attached hydrogens (tertiary/aromatic N) is 1. The highest BCUT2D eigenvalue weighted by Gasteiger charge is 2.10. The molecule has 24 heavy (non-hydrogen) atoms. The smallest absolute Gasteiger partial charge is 0.131 e. The van der Waals surface area contributed by atoms with Gasteiger partial charge in [0, 0.05) is 10.7 Å². The van der Waals surface area contributed by atoms with Crippen molar-refractivity contribution < 1.29 is 14.6 Å². The van der Waals surface area contributed by atoms with Gasteiger partial charge in [-0.3, -0.25) is 0 Å². The zero-order valence-corrected chi connectivity index (χ0v) is 14.5. The van der Waals surface area contributed by atoms with E-state index >= 15 is 0 Å². The number of methoxy groups -OCH3 is 1. The minimum atomic E-state index is -1.10. The zero-order chi connectivity index (χ0) is 16.9. The maximum atomic E-state index is 10.9. The maximum absolute atomic E-state index is 10.9. The molecule has 0 aliphatic carbocycles. The highest BCUT2D eigenvalue weighted by molar-refractivity contribution is 8.09. The average Bonchev–Trinajstić information content (AvgIpc) is 3.02. The van der Waals surface area contributed by atoms with E-state index in [1.165, 1.54) is 11.8 Å². The van der Waals surface area contributed by atoms with Gasteiger partial charge in [-0.2, -0.15) is 0 Å². The van der Waals surface area contributed by atoms with Crippen LogP contribution < -0.4 is 9.84 Å². The lowest BCUT2D eigenvalue weighted by Gasteiger charge is -2.06. The monoisotopic (exact) mass is 356 g/mol. The number of carbonyl (C=O) groups excluding carboxylic acids is 1. The van der Waals surface area contributed by atoms with E-state index < -0.39 is 5.97 Å². The molecule has 3 aromatic rings. The summed E-state index contributed by atoms with van der Waals surface area (Å²) in [5.41, 5.74) is 1.83. The normalized spacial score (nSPS) is 11.6. The summed E-state index contributed by atoms with van der Waals surface area (Å²) in [5.74, 6) is -0.471. The largest absolute Gasteiger partial charge is 0.549 e. The third-order valence-electron chi connectivity index (χ3n) is 3.24. The number of aromatic nitrogens is 1. The summed E-state index contributed by atoms with van der Waals surface area (Å²) in [4.78, 5) is 16.3. The van der Waals surface area contributed by atoms with Gasteiger partial charge in [0.15, 0.2) is 0 Å². The number of carboxylic acids is 1. The minimum absolute atomic E-state index is 0.119. The van der Waals surface area contributed by atoms with E-state index in [1.54, 1.807) is 18.4 Å². The molecule has 0 radical (unpaired) electrons. The number of thiazole rings is 1. The van der Waals surface area contributed by atoms with Crippen LogP contribution in [0.25, 0.3) is 21.2 Å². The number of ether oxygens (including phenoxy) is 1. The van der Waals surface area contributed by atoms with Crippen LogP contribution in [0.3, 0.4) is 0 Å². The lowest BCUT2D eigenvalue weighted by Crippen LogP contribution is -2.24. The standard InChI is InChI=1S/C18H15NO3S2/c1-22-13-6-4-5-12(9-13)10-16(23-11-17(20)21)18-19-14-7-2-3-8-15(14)24-18/h2-10H,11H2,1H3,(H,20,21)/p-1/b16-10-. The fourth-order valence-electron chi connectivity index (χ4n) is 2.16. The average molecular weight is 356 g/mol. The second kappa shape index (κ2) is 7.51.